The zero-order chi connectivity index (χ0) is 26.1. The van der Waals surface area contributed by atoms with Crippen molar-refractivity contribution in [2.24, 2.45) is 0 Å². The maximum absolute atomic E-state index is 6.29. The van der Waals surface area contributed by atoms with Crippen molar-refractivity contribution in [3.63, 3.8) is 0 Å². The van der Waals surface area contributed by atoms with Gasteiger partial charge < -0.3 is 18.6 Å². The Morgan fingerprint density at radius 2 is 1.92 bits per heavy atom. The van der Waals surface area contributed by atoms with E-state index in [1.54, 1.807) is 24.9 Å². The van der Waals surface area contributed by atoms with E-state index in [0.29, 0.717) is 46.8 Å². The number of benzene rings is 2. The number of hydrogen-bond donors (Lipinski definition) is 0. The highest BCUT2D eigenvalue weighted by atomic mass is 32.1. The van der Waals surface area contributed by atoms with Gasteiger partial charge in [-0.3, -0.25) is 4.98 Å². The lowest BCUT2D eigenvalue weighted by Gasteiger charge is -2.11. The molecule has 38 heavy (non-hydrogen) atoms. The summed E-state index contributed by atoms with van der Waals surface area (Å²) >= 11 is 1.36. The summed E-state index contributed by atoms with van der Waals surface area (Å²) in [5.41, 5.74) is 5.39. The summed E-state index contributed by atoms with van der Waals surface area (Å²) in [6.45, 7) is 4.59. The molecule has 0 aliphatic rings. The number of allylic oxidation sites excluding steroid dienone is 1. The van der Waals surface area contributed by atoms with E-state index in [4.69, 9.17) is 18.6 Å². The van der Waals surface area contributed by atoms with E-state index in [1.807, 2.05) is 54.7 Å². The summed E-state index contributed by atoms with van der Waals surface area (Å²) in [4.78, 5) is 9.75. The van der Waals surface area contributed by atoms with E-state index < -0.39 is 0 Å². The molecule has 0 saturated heterocycles. The third-order valence-corrected chi connectivity index (χ3v) is 6.97. The summed E-state index contributed by atoms with van der Waals surface area (Å²) in [5, 5.41) is 5.72. The number of hydrogen-bond acceptors (Lipinski definition) is 8. The monoisotopic (exact) mass is 524 g/mol. The molecular weight excluding hydrogens is 500 g/mol. The molecule has 9 heteroatoms. The molecule has 0 N–H and O–H groups in total. The first-order valence-electron chi connectivity index (χ1n) is 11.9. The minimum Gasteiger partial charge on any atom is -0.496 e. The predicted octanol–water partition coefficient (Wildman–Crippen LogP) is 6.45. The number of methoxy groups -OCH3 is 2. The van der Waals surface area contributed by atoms with Gasteiger partial charge in [-0.2, -0.15) is 0 Å². The van der Waals surface area contributed by atoms with Crippen molar-refractivity contribution < 1.29 is 18.6 Å². The second-order valence-corrected chi connectivity index (χ2v) is 9.60. The number of imidazole rings is 1. The zero-order valence-corrected chi connectivity index (χ0v) is 21.7. The first-order chi connectivity index (χ1) is 18.6. The Morgan fingerprint density at radius 3 is 2.71 bits per heavy atom. The summed E-state index contributed by atoms with van der Waals surface area (Å²) < 4.78 is 24.8. The van der Waals surface area contributed by atoms with E-state index >= 15 is 0 Å². The van der Waals surface area contributed by atoms with Crippen LogP contribution in [0.15, 0.2) is 84.1 Å². The average molecular weight is 525 g/mol. The normalized spacial score (nSPS) is 11.2. The van der Waals surface area contributed by atoms with Gasteiger partial charge in [0.1, 0.15) is 29.4 Å². The first kappa shape index (κ1) is 23.7. The summed E-state index contributed by atoms with van der Waals surface area (Å²) in [7, 11) is 3.21. The van der Waals surface area contributed by atoms with Crippen LogP contribution in [-0.2, 0) is 13.0 Å². The fourth-order valence-corrected chi connectivity index (χ4v) is 4.93. The third kappa shape index (κ3) is 4.71. The Kier molecular flexibility index (Phi) is 6.27. The van der Waals surface area contributed by atoms with Gasteiger partial charge in [0.15, 0.2) is 5.76 Å². The molecule has 0 amide bonds. The van der Waals surface area contributed by atoms with Crippen LogP contribution in [0.5, 0.6) is 16.7 Å². The Labute approximate surface area is 222 Å². The molecule has 8 nitrogen and oxygen atoms in total. The van der Waals surface area contributed by atoms with Crippen LogP contribution in [-0.4, -0.2) is 33.8 Å². The van der Waals surface area contributed by atoms with E-state index in [2.05, 4.69) is 33.8 Å². The van der Waals surface area contributed by atoms with Gasteiger partial charge >= 0.3 is 0 Å². The average Bonchev–Trinajstić information content (AvgIpc) is 3.65. The molecule has 0 aliphatic heterocycles. The number of furan rings is 1. The molecule has 0 spiro atoms. The molecule has 6 rings (SSSR count). The molecule has 0 unspecified atom stereocenters. The third-order valence-electron chi connectivity index (χ3n) is 6.09. The van der Waals surface area contributed by atoms with Crippen molar-refractivity contribution in [3.05, 3.63) is 96.5 Å². The van der Waals surface area contributed by atoms with Gasteiger partial charge in [0.2, 0.25) is 4.96 Å². The number of ether oxygens (including phenoxy) is 3. The molecular formula is C29H24N4O4S. The fraction of sp³-hybridized carbons (Fsp3) is 0.138. The summed E-state index contributed by atoms with van der Waals surface area (Å²) in [6.07, 6.45) is 4.31. The van der Waals surface area contributed by atoms with Crippen molar-refractivity contribution in [2.45, 2.75) is 13.0 Å². The highest BCUT2D eigenvalue weighted by molar-refractivity contribution is 7.18. The van der Waals surface area contributed by atoms with Gasteiger partial charge in [0, 0.05) is 18.3 Å². The SMILES string of the molecule is C=C(Cc1cccc(COc2cc(OC)cc3oc(-c4cn5nc(OC)sc5n4)cc23)c1)c1ccccn1. The standard InChI is InChI=1S/C29H24N4O4S/c1-18(23-9-4-5-10-30-23)11-19-7-6-8-20(12-19)17-36-25-13-21(34-2)14-26-22(25)15-27(37-26)24-16-33-28(31-24)38-29(32-33)35-3/h4-10,12-16H,1,11,17H2,2-3H3. The van der Waals surface area contributed by atoms with Gasteiger partial charge in [-0.15, -0.1) is 5.10 Å². The highest BCUT2D eigenvalue weighted by Gasteiger charge is 2.17. The number of nitrogens with zero attached hydrogens (tertiary/aromatic N) is 4. The summed E-state index contributed by atoms with van der Waals surface area (Å²) in [5.74, 6) is 1.93. The van der Waals surface area contributed by atoms with E-state index in [0.717, 1.165) is 32.7 Å². The summed E-state index contributed by atoms with van der Waals surface area (Å²) in [6, 6.07) is 19.8. The number of pyridine rings is 1. The molecule has 0 atom stereocenters. The Hall–Kier alpha value is -4.63. The smallest absolute Gasteiger partial charge is 0.294 e. The lowest BCUT2D eigenvalue weighted by Crippen LogP contribution is -1.98. The number of fused-ring (bicyclic) bond motifs is 2. The van der Waals surface area contributed by atoms with Crippen LogP contribution < -0.4 is 14.2 Å². The van der Waals surface area contributed by atoms with Gasteiger partial charge in [-0.1, -0.05) is 36.9 Å². The number of aromatic nitrogens is 4. The Bertz CT molecular complexity index is 1720. The van der Waals surface area contributed by atoms with Crippen LogP contribution in [0.3, 0.4) is 0 Å². The van der Waals surface area contributed by atoms with Gasteiger partial charge in [-0.05, 0) is 52.7 Å². The molecule has 0 bridgehead atoms. The molecule has 0 radical (unpaired) electrons. The van der Waals surface area contributed by atoms with Crippen LogP contribution >= 0.6 is 11.3 Å². The molecule has 2 aromatic carbocycles. The van der Waals surface area contributed by atoms with Crippen molar-refractivity contribution in [1.82, 2.24) is 19.6 Å². The van der Waals surface area contributed by atoms with E-state index in [-0.39, 0.29) is 0 Å². The lowest BCUT2D eigenvalue weighted by molar-refractivity contribution is 0.307. The van der Waals surface area contributed by atoms with Crippen molar-refractivity contribution in [3.8, 4) is 28.1 Å². The molecule has 4 aromatic heterocycles. The van der Waals surface area contributed by atoms with Crippen LogP contribution in [0, 0.1) is 0 Å². The second kappa shape index (κ2) is 10.0. The minimum absolute atomic E-state index is 0.386. The van der Waals surface area contributed by atoms with Gasteiger partial charge in [0.05, 0.1) is 31.5 Å². The maximum atomic E-state index is 6.29. The largest absolute Gasteiger partial charge is 0.496 e. The molecule has 0 fully saturated rings. The van der Waals surface area contributed by atoms with Crippen LogP contribution in [0.2, 0.25) is 0 Å². The second-order valence-electron chi connectivity index (χ2n) is 8.68. The zero-order valence-electron chi connectivity index (χ0n) is 20.9. The van der Waals surface area contributed by atoms with E-state index in [9.17, 15) is 0 Å². The van der Waals surface area contributed by atoms with Crippen molar-refractivity contribution in [1.29, 1.82) is 0 Å². The number of rotatable bonds is 9. The molecule has 0 saturated carbocycles. The Balaban J connectivity index is 1.24. The molecule has 4 heterocycles. The van der Waals surface area contributed by atoms with Crippen molar-refractivity contribution in [2.75, 3.05) is 14.2 Å². The molecule has 0 aliphatic carbocycles. The van der Waals surface area contributed by atoms with Crippen LogP contribution in [0.1, 0.15) is 16.8 Å². The first-order valence-corrected chi connectivity index (χ1v) is 12.7. The lowest BCUT2D eigenvalue weighted by atomic mass is 10.0. The van der Waals surface area contributed by atoms with Crippen LogP contribution in [0.25, 0.3) is 33.0 Å². The van der Waals surface area contributed by atoms with Gasteiger partial charge in [0.25, 0.3) is 5.19 Å². The predicted molar refractivity (Wildman–Crippen MR) is 147 cm³/mol. The fourth-order valence-electron chi connectivity index (χ4n) is 4.23. The topological polar surface area (TPSA) is 83.9 Å². The highest BCUT2D eigenvalue weighted by Crippen LogP contribution is 2.37. The Morgan fingerprint density at radius 1 is 1.03 bits per heavy atom. The quantitative estimate of drug-likeness (QED) is 0.215. The van der Waals surface area contributed by atoms with Crippen molar-refractivity contribution >= 4 is 32.8 Å². The van der Waals surface area contributed by atoms with Crippen LogP contribution in [0.4, 0.5) is 0 Å². The molecule has 6 aromatic rings. The minimum atomic E-state index is 0.386. The van der Waals surface area contributed by atoms with Gasteiger partial charge in [-0.25, -0.2) is 9.50 Å². The maximum Gasteiger partial charge on any atom is 0.294 e. The molecule has 190 valence electrons. The van der Waals surface area contributed by atoms with E-state index in [1.165, 1.54) is 11.3 Å².